The molecule has 0 aromatic carbocycles. The largest absolute Gasteiger partial charge is 0.398 e. The monoisotopic (exact) mass is 288 g/mol. The second-order valence-electron chi connectivity index (χ2n) is 3.65. The van der Waals surface area contributed by atoms with Gasteiger partial charge in [0, 0.05) is 20.0 Å². The highest BCUT2D eigenvalue weighted by Gasteiger charge is 2.27. The van der Waals surface area contributed by atoms with Crippen LogP contribution in [0, 0.1) is 0 Å². The van der Waals surface area contributed by atoms with E-state index in [0.29, 0.717) is 5.75 Å². The Labute approximate surface area is 102 Å². The molecule has 0 fully saturated rings. The summed E-state index contributed by atoms with van der Waals surface area (Å²) in [4.78, 5) is 17.3. The first-order valence-corrected chi connectivity index (χ1v) is 10.5. The third-order valence-electron chi connectivity index (χ3n) is 2.31. The minimum Gasteiger partial charge on any atom is -0.398 e. The van der Waals surface area contributed by atoms with Crippen molar-refractivity contribution in [2.45, 2.75) is 19.0 Å². The maximum absolute atomic E-state index is 10.6. The third kappa shape index (κ3) is 8.75. The van der Waals surface area contributed by atoms with Crippen LogP contribution in [0.25, 0.3) is 0 Å². The van der Waals surface area contributed by atoms with Crippen molar-refractivity contribution in [2.75, 3.05) is 31.9 Å². The highest BCUT2D eigenvalue weighted by Crippen LogP contribution is 2.34. The second kappa shape index (κ2) is 7.87. The summed E-state index contributed by atoms with van der Waals surface area (Å²) < 4.78 is 21.2. The summed E-state index contributed by atoms with van der Waals surface area (Å²) in [6.07, 6.45) is 0.914. The zero-order valence-electron chi connectivity index (χ0n) is 10.0. The van der Waals surface area contributed by atoms with E-state index in [1.165, 1.54) is 0 Å². The molecule has 0 amide bonds. The van der Waals surface area contributed by atoms with E-state index < -0.39 is 16.2 Å². The molecule has 16 heavy (non-hydrogen) atoms. The van der Waals surface area contributed by atoms with Gasteiger partial charge in [-0.15, -0.1) is 0 Å². The Hall–Kier alpha value is 0.637. The van der Waals surface area contributed by atoms with Crippen LogP contribution in [0.5, 0.6) is 0 Å². The molecule has 98 valence electrons. The van der Waals surface area contributed by atoms with Gasteiger partial charge in [-0.3, -0.25) is 4.57 Å². The second-order valence-corrected chi connectivity index (χ2v) is 10.2. The molecule has 0 bridgehead atoms. The van der Waals surface area contributed by atoms with E-state index >= 15 is 0 Å². The van der Waals surface area contributed by atoms with Crippen molar-refractivity contribution in [1.82, 2.24) is 0 Å². The minimum absolute atomic E-state index is 0.0408. The zero-order valence-corrected chi connectivity index (χ0v) is 12.7. The number of hydrogen-bond donors (Lipinski definition) is 2. The summed E-state index contributed by atoms with van der Waals surface area (Å²) in [6, 6.07) is 0.906. The van der Waals surface area contributed by atoms with Crippen molar-refractivity contribution in [3.05, 3.63) is 0 Å². The Kier molecular flexibility index (Phi) is 8.18. The van der Waals surface area contributed by atoms with Crippen LogP contribution in [-0.4, -0.2) is 50.2 Å². The molecule has 2 N–H and O–H groups in total. The molecule has 0 aliphatic rings. The SMILES string of the molecule is CO[Si](C)(CCCSCCP(=O)(O)O)OC. The van der Waals surface area contributed by atoms with E-state index in [-0.39, 0.29) is 6.16 Å². The molecule has 0 heterocycles. The molecular weight excluding hydrogens is 267 g/mol. The van der Waals surface area contributed by atoms with Gasteiger partial charge in [-0.25, -0.2) is 0 Å². The van der Waals surface area contributed by atoms with Crippen LogP contribution in [0.3, 0.4) is 0 Å². The average Bonchev–Trinajstić information content (AvgIpc) is 2.21. The topological polar surface area (TPSA) is 76.0 Å². The minimum atomic E-state index is -3.82. The van der Waals surface area contributed by atoms with Crippen molar-refractivity contribution in [2.24, 2.45) is 0 Å². The third-order valence-corrected chi connectivity index (χ3v) is 7.48. The molecule has 0 aliphatic heterocycles. The maximum atomic E-state index is 10.6. The summed E-state index contributed by atoms with van der Waals surface area (Å²) in [6.45, 7) is 2.01. The predicted molar refractivity (Wildman–Crippen MR) is 69.3 cm³/mol. The molecule has 0 atom stereocenters. The summed E-state index contributed by atoms with van der Waals surface area (Å²) in [5.41, 5.74) is 0. The van der Waals surface area contributed by atoms with Crippen molar-refractivity contribution in [3.63, 3.8) is 0 Å². The van der Waals surface area contributed by atoms with E-state index in [2.05, 4.69) is 0 Å². The molecule has 5 nitrogen and oxygen atoms in total. The molecule has 0 aromatic rings. The van der Waals surface area contributed by atoms with Gasteiger partial charge in [0.05, 0.1) is 6.16 Å². The van der Waals surface area contributed by atoms with Gasteiger partial charge >= 0.3 is 16.2 Å². The standard InChI is InChI=1S/C8H21O5PSSi/c1-12-16(3,13-2)8-4-6-15-7-5-14(9,10)11/h4-8H2,1-3H3,(H2,9,10,11). The van der Waals surface area contributed by atoms with Gasteiger partial charge in [-0.05, 0) is 24.8 Å². The van der Waals surface area contributed by atoms with Gasteiger partial charge in [-0.2, -0.15) is 11.8 Å². The van der Waals surface area contributed by atoms with E-state index in [1.807, 2.05) is 6.55 Å². The molecule has 0 spiro atoms. The normalized spacial score (nSPS) is 13.1. The van der Waals surface area contributed by atoms with Gasteiger partial charge in [0.25, 0.3) is 0 Å². The smallest absolute Gasteiger partial charge is 0.334 e. The molecule has 8 heteroatoms. The lowest BCUT2D eigenvalue weighted by molar-refractivity contribution is 0.249. The van der Waals surface area contributed by atoms with Crippen LogP contribution in [0.4, 0.5) is 0 Å². The van der Waals surface area contributed by atoms with E-state index in [9.17, 15) is 4.57 Å². The molecule has 0 aliphatic carbocycles. The van der Waals surface area contributed by atoms with E-state index in [1.54, 1.807) is 26.0 Å². The summed E-state index contributed by atoms with van der Waals surface area (Å²) in [5, 5.41) is 0. The first kappa shape index (κ1) is 16.6. The van der Waals surface area contributed by atoms with Crippen molar-refractivity contribution in [1.29, 1.82) is 0 Å². The maximum Gasteiger partial charge on any atom is 0.334 e. The van der Waals surface area contributed by atoms with Crippen molar-refractivity contribution in [3.8, 4) is 0 Å². The molecule has 0 unspecified atom stereocenters. The van der Waals surface area contributed by atoms with Crippen molar-refractivity contribution >= 4 is 27.9 Å². The average molecular weight is 288 g/mol. The molecule has 0 rings (SSSR count). The quantitative estimate of drug-likeness (QED) is 0.382. The van der Waals surface area contributed by atoms with E-state index in [4.69, 9.17) is 18.6 Å². The Morgan fingerprint density at radius 1 is 1.25 bits per heavy atom. The van der Waals surface area contributed by atoms with Crippen molar-refractivity contribution < 1.29 is 23.2 Å². The van der Waals surface area contributed by atoms with Crippen LogP contribution in [0.15, 0.2) is 0 Å². The first-order valence-electron chi connectivity index (χ1n) is 5.05. The van der Waals surface area contributed by atoms with Gasteiger partial charge in [0.1, 0.15) is 0 Å². The lowest BCUT2D eigenvalue weighted by atomic mass is 10.6. The number of hydrogen-bond acceptors (Lipinski definition) is 4. The van der Waals surface area contributed by atoms with E-state index in [0.717, 1.165) is 18.2 Å². The molecule has 0 saturated heterocycles. The lowest BCUT2D eigenvalue weighted by Crippen LogP contribution is -2.35. The van der Waals surface area contributed by atoms with Gasteiger partial charge in [0.2, 0.25) is 0 Å². The van der Waals surface area contributed by atoms with Crippen LogP contribution >= 0.6 is 19.4 Å². The van der Waals surface area contributed by atoms with Gasteiger partial charge in [0.15, 0.2) is 0 Å². The molecule has 0 saturated carbocycles. The molecule has 0 radical (unpaired) electrons. The first-order chi connectivity index (χ1) is 7.33. The summed E-state index contributed by atoms with van der Waals surface area (Å²) >= 11 is 1.56. The zero-order chi connectivity index (χ0) is 12.7. The van der Waals surface area contributed by atoms with Gasteiger partial charge < -0.3 is 18.6 Å². The highest BCUT2D eigenvalue weighted by atomic mass is 32.2. The van der Waals surface area contributed by atoms with Crippen LogP contribution in [0.1, 0.15) is 6.42 Å². The number of thioether (sulfide) groups is 1. The summed E-state index contributed by atoms with van der Waals surface area (Å²) in [5.74, 6) is 1.39. The molecular formula is C8H21O5PSSi. The van der Waals surface area contributed by atoms with Crippen LogP contribution < -0.4 is 0 Å². The fraction of sp³-hybridized carbons (Fsp3) is 1.00. The fourth-order valence-corrected chi connectivity index (χ4v) is 4.74. The highest BCUT2D eigenvalue weighted by molar-refractivity contribution is 7.99. The van der Waals surface area contributed by atoms with Crippen LogP contribution in [-0.2, 0) is 13.4 Å². The Morgan fingerprint density at radius 2 is 1.81 bits per heavy atom. The summed E-state index contributed by atoms with van der Waals surface area (Å²) in [7, 11) is -2.45. The number of rotatable bonds is 9. The van der Waals surface area contributed by atoms with Gasteiger partial charge in [-0.1, -0.05) is 0 Å². The predicted octanol–water partition coefficient (Wildman–Crippen LogP) is 1.65. The fourth-order valence-electron chi connectivity index (χ4n) is 1.07. The Morgan fingerprint density at radius 3 is 2.25 bits per heavy atom. The Balaban J connectivity index is 3.50. The Bertz CT molecular complexity index is 230. The van der Waals surface area contributed by atoms with Crippen LogP contribution in [0.2, 0.25) is 12.6 Å². The lowest BCUT2D eigenvalue weighted by Gasteiger charge is -2.22. The molecule has 0 aromatic heterocycles.